The standard InChI is InChI=1S/C47H72O15/c1-3-5-7-9-11-13-15-17-19-21-23-25-27-29-38(49)57-32-35(60-39(50)30-28-26-24-22-20-18-16-14-12-10-8-6-4-2)33-58-46-45(56)43(54)41(52)37(62-46)34-59-47-44(55)42(53)40(51)36(31-48)61-47/h5-16,18,20,22,24,35-37,40-48,51-56H,3-4,17,19,21,23,25-34H2,1-2H3/b7-5+,8-6+,11-9+,12-10+,15-13+,16-14+,20-18+,24-22+/t35?,36-,37-,40+,41+,42?,43?,44?,45?,46-,47-/m1/s1. The Kier molecular flexibility index (Phi) is 29.8. The average Bonchev–Trinajstić information content (AvgIpc) is 3.26. The van der Waals surface area contributed by atoms with E-state index in [4.69, 9.17) is 28.4 Å². The normalized spacial score (nSPS) is 28.0. The number of aliphatic hydroxyl groups excluding tert-OH is 7. The van der Waals surface area contributed by atoms with E-state index in [2.05, 4.69) is 32.1 Å². The number of carbonyl (C=O) groups excluding carboxylic acids is 2. The smallest absolute Gasteiger partial charge is 0.306 e. The first-order chi connectivity index (χ1) is 30.0. The summed E-state index contributed by atoms with van der Waals surface area (Å²) in [6.07, 6.45) is 23.3. The molecule has 7 N–H and O–H groups in total. The molecular weight excluding hydrogens is 805 g/mol. The van der Waals surface area contributed by atoms with Crippen LogP contribution in [0.25, 0.3) is 0 Å². The topological polar surface area (TPSA) is 231 Å². The van der Waals surface area contributed by atoms with Crippen molar-refractivity contribution < 1.29 is 73.8 Å². The SMILES string of the molecule is CC/C=C/C=C/C=C/C=C/C=C/CCCC(=O)OC(COC(=O)CCCCCCC/C=C/C=C/C=C/CC)CO[C@@H]1O[C@H](CO[C@@H]2O[C@H](CO)[C@H](O)C(O)C2O)[C@H](O)C(O)C1O. The first-order valence-corrected chi connectivity index (χ1v) is 21.9. The van der Waals surface area contributed by atoms with Crippen molar-refractivity contribution in [3.8, 4) is 0 Å². The molecule has 2 heterocycles. The largest absolute Gasteiger partial charge is 0.462 e. The van der Waals surface area contributed by atoms with Gasteiger partial charge in [-0.1, -0.05) is 130 Å². The van der Waals surface area contributed by atoms with Gasteiger partial charge in [0, 0.05) is 12.8 Å². The molecule has 0 saturated carbocycles. The Labute approximate surface area is 367 Å². The maximum Gasteiger partial charge on any atom is 0.306 e. The zero-order valence-corrected chi connectivity index (χ0v) is 36.3. The molecule has 0 aromatic heterocycles. The molecule has 0 radical (unpaired) electrons. The van der Waals surface area contributed by atoms with Gasteiger partial charge in [0.05, 0.1) is 19.8 Å². The molecule has 0 spiro atoms. The molecule has 0 aromatic rings. The van der Waals surface area contributed by atoms with Crippen molar-refractivity contribution in [2.24, 2.45) is 0 Å². The number of esters is 2. The molecular formula is C47H72O15. The van der Waals surface area contributed by atoms with E-state index in [0.29, 0.717) is 19.3 Å². The van der Waals surface area contributed by atoms with Gasteiger partial charge in [-0.15, -0.1) is 0 Å². The Morgan fingerprint density at radius 3 is 1.56 bits per heavy atom. The van der Waals surface area contributed by atoms with Crippen LogP contribution >= 0.6 is 0 Å². The molecule has 2 aliphatic rings. The summed E-state index contributed by atoms with van der Waals surface area (Å²) < 4.78 is 33.3. The number of ether oxygens (including phenoxy) is 6. The summed E-state index contributed by atoms with van der Waals surface area (Å²) in [5.41, 5.74) is 0. The second-order valence-corrected chi connectivity index (χ2v) is 14.9. The first kappa shape index (κ1) is 54.6. The Bertz CT molecular complexity index is 1450. The second-order valence-electron chi connectivity index (χ2n) is 14.9. The van der Waals surface area contributed by atoms with E-state index in [1.165, 1.54) is 0 Å². The lowest BCUT2D eigenvalue weighted by Gasteiger charge is -2.42. The lowest BCUT2D eigenvalue weighted by Crippen LogP contribution is -2.61. The molecule has 0 aromatic carbocycles. The number of carbonyl (C=O) groups is 2. The highest BCUT2D eigenvalue weighted by molar-refractivity contribution is 5.70. The van der Waals surface area contributed by atoms with Crippen LogP contribution in [0.15, 0.2) is 97.2 Å². The van der Waals surface area contributed by atoms with Gasteiger partial charge in [0.25, 0.3) is 0 Å². The van der Waals surface area contributed by atoms with Crippen molar-refractivity contribution >= 4 is 11.9 Å². The minimum absolute atomic E-state index is 0.0576. The average molecular weight is 877 g/mol. The van der Waals surface area contributed by atoms with Gasteiger partial charge in [-0.25, -0.2) is 0 Å². The molecule has 2 rings (SSSR count). The van der Waals surface area contributed by atoms with Crippen molar-refractivity contribution in [1.29, 1.82) is 0 Å². The molecule has 0 amide bonds. The Hall–Kier alpha value is -3.58. The molecule has 2 saturated heterocycles. The number of hydrogen-bond acceptors (Lipinski definition) is 15. The third kappa shape index (κ3) is 22.7. The summed E-state index contributed by atoms with van der Waals surface area (Å²) in [6, 6.07) is 0. The molecule has 350 valence electrons. The Morgan fingerprint density at radius 2 is 0.984 bits per heavy atom. The maximum atomic E-state index is 12.9. The van der Waals surface area contributed by atoms with Crippen molar-refractivity contribution in [2.45, 2.75) is 158 Å². The highest BCUT2D eigenvalue weighted by Gasteiger charge is 2.47. The van der Waals surface area contributed by atoms with Gasteiger partial charge in [0.2, 0.25) is 0 Å². The van der Waals surface area contributed by atoms with Gasteiger partial charge >= 0.3 is 11.9 Å². The molecule has 2 aliphatic heterocycles. The summed E-state index contributed by atoms with van der Waals surface area (Å²) in [4.78, 5) is 25.6. The van der Waals surface area contributed by atoms with Crippen molar-refractivity contribution in [2.75, 3.05) is 26.4 Å². The molecule has 0 bridgehead atoms. The maximum absolute atomic E-state index is 12.9. The number of hydrogen-bond donors (Lipinski definition) is 7. The van der Waals surface area contributed by atoms with Crippen LogP contribution in [0.2, 0.25) is 0 Å². The van der Waals surface area contributed by atoms with Crippen molar-refractivity contribution in [3.63, 3.8) is 0 Å². The molecule has 62 heavy (non-hydrogen) atoms. The van der Waals surface area contributed by atoms with E-state index in [1.807, 2.05) is 79.0 Å². The van der Waals surface area contributed by atoms with E-state index in [-0.39, 0.29) is 19.4 Å². The van der Waals surface area contributed by atoms with Crippen LogP contribution < -0.4 is 0 Å². The van der Waals surface area contributed by atoms with Crippen LogP contribution in [-0.4, -0.2) is 142 Å². The Balaban J connectivity index is 1.92. The van der Waals surface area contributed by atoms with Gasteiger partial charge in [0.15, 0.2) is 18.7 Å². The quantitative estimate of drug-likeness (QED) is 0.0304. The molecule has 5 unspecified atom stereocenters. The monoisotopic (exact) mass is 876 g/mol. The lowest BCUT2D eigenvalue weighted by molar-refractivity contribution is -0.332. The van der Waals surface area contributed by atoms with E-state index >= 15 is 0 Å². The number of unbranched alkanes of at least 4 members (excludes halogenated alkanes) is 6. The molecule has 2 fully saturated rings. The van der Waals surface area contributed by atoms with E-state index < -0.39 is 99.3 Å². The fraction of sp³-hybridized carbons (Fsp3) is 0.617. The highest BCUT2D eigenvalue weighted by Crippen LogP contribution is 2.26. The number of aliphatic hydroxyl groups is 7. The van der Waals surface area contributed by atoms with Crippen molar-refractivity contribution in [3.05, 3.63) is 97.2 Å². The van der Waals surface area contributed by atoms with E-state index in [0.717, 1.165) is 44.9 Å². The summed E-state index contributed by atoms with van der Waals surface area (Å²) >= 11 is 0. The second kappa shape index (κ2) is 33.9. The van der Waals surface area contributed by atoms with Crippen molar-refractivity contribution in [1.82, 2.24) is 0 Å². The summed E-state index contributed by atoms with van der Waals surface area (Å²) in [6.45, 7) is 2.15. The summed E-state index contributed by atoms with van der Waals surface area (Å²) in [5, 5.41) is 71.8. The minimum atomic E-state index is -1.79. The zero-order chi connectivity index (χ0) is 45.4. The number of rotatable bonds is 30. The fourth-order valence-electron chi connectivity index (χ4n) is 6.13. The zero-order valence-electron chi connectivity index (χ0n) is 36.3. The Morgan fingerprint density at radius 1 is 0.516 bits per heavy atom. The fourth-order valence-corrected chi connectivity index (χ4v) is 6.13. The molecule has 15 heteroatoms. The van der Waals surface area contributed by atoms with Gasteiger partial charge in [0.1, 0.15) is 55.4 Å². The predicted octanol–water partition coefficient (Wildman–Crippen LogP) is 4.25. The van der Waals surface area contributed by atoms with Crippen LogP contribution in [0.4, 0.5) is 0 Å². The minimum Gasteiger partial charge on any atom is -0.462 e. The summed E-state index contributed by atoms with van der Waals surface area (Å²) in [7, 11) is 0. The van der Waals surface area contributed by atoms with Crippen LogP contribution in [0, 0.1) is 0 Å². The van der Waals surface area contributed by atoms with Crippen LogP contribution in [0.1, 0.15) is 90.9 Å². The lowest BCUT2D eigenvalue weighted by atomic mass is 9.98. The van der Waals surface area contributed by atoms with Gasteiger partial charge in [-0.3, -0.25) is 9.59 Å². The van der Waals surface area contributed by atoms with Gasteiger partial charge in [-0.2, -0.15) is 0 Å². The highest BCUT2D eigenvalue weighted by atomic mass is 16.7. The van der Waals surface area contributed by atoms with Gasteiger partial charge < -0.3 is 64.2 Å². The number of allylic oxidation sites excluding steroid dienone is 16. The molecule has 0 aliphatic carbocycles. The molecule has 11 atom stereocenters. The van der Waals surface area contributed by atoms with Crippen LogP contribution in [0.5, 0.6) is 0 Å². The third-order valence-electron chi connectivity index (χ3n) is 9.75. The predicted molar refractivity (Wildman–Crippen MR) is 233 cm³/mol. The van der Waals surface area contributed by atoms with Crippen LogP contribution in [-0.2, 0) is 38.0 Å². The molecule has 15 nitrogen and oxygen atoms in total. The third-order valence-corrected chi connectivity index (χ3v) is 9.75. The first-order valence-electron chi connectivity index (χ1n) is 21.9. The summed E-state index contributed by atoms with van der Waals surface area (Å²) in [5.74, 6) is -1.05. The van der Waals surface area contributed by atoms with Crippen LogP contribution in [0.3, 0.4) is 0 Å². The van der Waals surface area contributed by atoms with E-state index in [1.54, 1.807) is 0 Å². The van der Waals surface area contributed by atoms with E-state index in [9.17, 15) is 45.3 Å². The van der Waals surface area contributed by atoms with Gasteiger partial charge in [-0.05, 0) is 44.9 Å².